The number of carbonyl (C=O) groups excluding carboxylic acids is 5. The van der Waals surface area contributed by atoms with Crippen LogP contribution in [0.4, 0.5) is 10.5 Å². The maximum Gasteiger partial charge on any atom is 0.325 e. The molecule has 3 amide bonds. The van der Waals surface area contributed by atoms with E-state index in [4.69, 9.17) is 15.2 Å². The molecule has 0 spiro atoms. The van der Waals surface area contributed by atoms with E-state index >= 15 is 0 Å². The summed E-state index contributed by atoms with van der Waals surface area (Å²) in [6.45, 7) is 3.13. The average Bonchev–Trinajstić information content (AvgIpc) is 2.83. The van der Waals surface area contributed by atoms with Crippen LogP contribution in [0.5, 0.6) is 0 Å². The average molecular weight is 535 g/mol. The smallest absolute Gasteiger partial charge is 0.325 e. The molecule has 1 aromatic carbocycles. The zero-order valence-electron chi connectivity index (χ0n) is 19.4. The topological polar surface area (TPSA) is 177 Å². The molecule has 35 heavy (non-hydrogen) atoms. The second kappa shape index (κ2) is 17.5. The molecule has 196 valence electrons. The minimum atomic E-state index is -1.27. The molecule has 12 nitrogen and oxygen atoms in total. The first-order valence-electron chi connectivity index (χ1n) is 10.5. The first-order chi connectivity index (χ1) is 16.2. The number of thioether (sulfide) groups is 1. The predicted octanol–water partition coefficient (Wildman–Crippen LogP) is 0.992. The van der Waals surface area contributed by atoms with E-state index in [1.165, 1.54) is 12.1 Å². The van der Waals surface area contributed by atoms with Crippen LogP contribution in [-0.4, -0.2) is 71.8 Å². The Bertz CT molecular complexity index is 846. The number of hydrogen-bond acceptors (Lipinski definition) is 10. The largest absolute Gasteiger partial charge is 0.466 e. The van der Waals surface area contributed by atoms with Gasteiger partial charge in [-0.1, -0.05) is 30.0 Å². The zero-order chi connectivity index (χ0) is 25.5. The summed E-state index contributed by atoms with van der Waals surface area (Å²) in [6, 6.07) is 5.58. The Kier molecular flexibility index (Phi) is 16.1. The van der Waals surface area contributed by atoms with E-state index in [2.05, 4.69) is 10.6 Å². The van der Waals surface area contributed by atoms with E-state index in [0.29, 0.717) is 16.8 Å². The monoisotopic (exact) mass is 534 g/mol. The lowest BCUT2D eigenvalue weighted by Gasteiger charge is -2.21. The van der Waals surface area contributed by atoms with Crippen molar-refractivity contribution in [2.45, 2.75) is 38.8 Å². The molecule has 0 bridgehead atoms. The number of carbonyl (C=O) groups is 5. The Morgan fingerprint density at radius 2 is 1.63 bits per heavy atom. The number of esters is 2. The van der Waals surface area contributed by atoms with Gasteiger partial charge in [0.25, 0.3) is 0 Å². The predicted molar refractivity (Wildman–Crippen MR) is 131 cm³/mol. The molecule has 0 saturated carbocycles. The number of hydrogen-bond donors (Lipinski definition) is 4. The van der Waals surface area contributed by atoms with Crippen molar-refractivity contribution in [3.63, 3.8) is 0 Å². The number of rotatable bonds is 13. The summed E-state index contributed by atoms with van der Waals surface area (Å²) in [5.74, 6) is -2.96. The minimum absolute atomic E-state index is 0. The summed E-state index contributed by atoms with van der Waals surface area (Å²) >= 11 is 0.569. The first kappa shape index (κ1) is 32.1. The Balaban J connectivity index is 0.0000116. The van der Waals surface area contributed by atoms with Gasteiger partial charge in [0.2, 0.25) is 11.8 Å². The molecule has 1 aromatic rings. The summed E-state index contributed by atoms with van der Waals surface area (Å²) in [5, 5.41) is 14.4. The van der Waals surface area contributed by atoms with Crippen molar-refractivity contribution in [3.05, 3.63) is 30.3 Å². The summed E-state index contributed by atoms with van der Waals surface area (Å²) in [7, 11) is 0. The summed E-state index contributed by atoms with van der Waals surface area (Å²) < 4.78 is 9.53. The van der Waals surface area contributed by atoms with E-state index in [0.717, 1.165) is 0 Å². The number of para-hydroxylation sites is 1. The molecule has 0 aliphatic rings. The van der Waals surface area contributed by atoms with Gasteiger partial charge < -0.3 is 25.8 Å². The number of amides is 3. The van der Waals surface area contributed by atoms with Crippen LogP contribution in [0.1, 0.15) is 26.7 Å². The van der Waals surface area contributed by atoms with Crippen LogP contribution in [0.15, 0.2) is 30.3 Å². The fourth-order valence-electron chi connectivity index (χ4n) is 2.48. The second-order valence-corrected chi connectivity index (χ2v) is 7.73. The SMILES string of the molecule is CCOC(=O)CCC(N)C(=O)NC(CSC(=O)N(O)c1ccccc1)C(=O)NCC(=O)OCC.Cl. The number of nitrogens with two attached hydrogens (primary N) is 1. The zero-order valence-corrected chi connectivity index (χ0v) is 21.1. The third-order valence-corrected chi connectivity index (χ3v) is 5.11. The number of hydroxylamine groups is 1. The van der Waals surface area contributed by atoms with Crippen molar-refractivity contribution in [3.8, 4) is 0 Å². The number of nitrogens with zero attached hydrogens (tertiary/aromatic N) is 1. The summed E-state index contributed by atoms with van der Waals surface area (Å²) in [5.41, 5.74) is 6.02. The van der Waals surface area contributed by atoms with Gasteiger partial charge in [-0.15, -0.1) is 12.4 Å². The quantitative estimate of drug-likeness (QED) is 0.162. The van der Waals surface area contributed by atoms with Crippen LogP contribution in [-0.2, 0) is 28.7 Å². The number of nitrogens with one attached hydrogen (secondary N) is 2. The highest BCUT2D eigenvalue weighted by atomic mass is 35.5. The lowest BCUT2D eigenvalue weighted by Crippen LogP contribution is -2.53. The minimum Gasteiger partial charge on any atom is -0.466 e. The standard InChI is InChI=1S/C21H30N4O8S.ClH/c1-3-32-17(26)11-10-15(22)19(28)24-16(20(29)23-12-18(27)33-4-2)13-34-21(30)25(31)14-8-6-5-7-9-14;/h5-9,15-16,31H,3-4,10-13,22H2,1-2H3,(H,23,29)(H,24,28);1H. The lowest BCUT2D eigenvalue weighted by atomic mass is 10.1. The van der Waals surface area contributed by atoms with Crippen molar-refractivity contribution in [2.24, 2.45) is 5.73 Å². The molecule has 1 rings (SSSR count). The van der Waals surface area contributed by atoms with Crippen LogP contribution in [0.25, 0.3) is 0 Å². The molecular weight excluding hydrogens is 504 g/mol. The van der Waals surface area contributed by atoms with Gasteiger partial charge in [0.15, 0.2) is 0 Å². The number of halogens is 1. The highest BCUT2D eigenvalue weighted by Crippen LogP contribution is 2.17. The van der Waals surface area contributed by atoms with Crippen molar-refractivity contribution in [1.29, 1.82) is 0 Å². The summed E-state index contributed by atoms with van der Waals surface area (Å²) in [6.07, 6.45) is -0.113. The van der Waals surface area contributed by atoms with Crippen LogP contribution >= 0.6 is 24.2 Å². The van der Waals surface area contributed by atoms with Gasteiger partial charge >= 0.3 is 17.2 Å². The lowest BCUT2D eigenvalue weighted by molar-refractivity contribution is -0.144. The first-order valence-corrected chi connectivity index (χ1v) is 11.5. The molecule has 14 heteroatoms. The molecule has 0 heterocycles. The highest BCUT2D eigenvalue weighted by molar-refractivity contribution is 8.13. The molecule has 0 aromatic heterocycles. The molecule has 2 unspecified atom stereocenters. The van der Waals surface area contributed by atoms with Crippen molar-refractivity contribution >= 4 is 58.8 Å². The van der Waals surface area contributed by atoms with Gasteiger partial charge in [-0.3, -0.25) is 29.2 Å². The van der Waals surface area contributed by atoms with Crippen molar-refractivity contribution < 1.29 is 38.7 Å². The Hall–Kier alpha value is -2.87. The van der Waals surface area contributed by atoms with E-state index in [9.17, 15) is 29.2 Å². The molecular formula is C21H31ClN4O8S. The Morgan fingerprint density at radius 3 is 2.23 bits per heavy atom. The number of anilines is 1. The highest BCUT2D eigenvalue weighted by Gasteiger charge is 2.27. The molecule has 5 N–H and O–H groups in total. The van der Waals surface area contributed by atoms with Crippen LogP contribution in [0.2, 0.25) is 0 Å². The summed E-state index contributed by atoms with van der Waals surface area (Å²) in [4.78, 5) is 60.3. The Morgan fingerprint density at radius 1 is 1.03 bits per heavy atom. The molecule has 0 fully saturated rings. The number of ether oxygens (including phenoxy) is 2. The van der Waals surface area contributed by atoms with Crippen LogP contribution < -0.4 is 21.4 Å². The number of benzene rings is 1. The van der Waals surface area contributed by atoms with E-state index in [1.54, 1.807) is 32.0 Å². The van der Waals surface area contributed by atoms with E-state index < -0.39 is 47.6 Å². The fraction of sp³-hybridized carbons (Fsp3) is 0.476. The van der Waals surface area contributed by atoms with Gasteiger partial charge in [0.05, 0.1) is 24.9 Å². The van der Waals surface area contributed by atoms with E-state index in [-0.39, 0.29) is 49.9 Å². The van der Waals surface area contributed by atoms with Crippen molar-refractivity contribution in [2.75, 3.05) is 30.6 Å². The van der Waals surface area contributed by atoms with Crippen LogP contribution in [0, 0.1) is 0 Å². The molecule has 0 aliphatic carbocycles. The Labute approximate surface area is 213 Å². The van der Waals surface area contributed by atoms with Gasteiger partial charge in [-0.2, -0.15) is 5.06 Å². The van der Waals surface area contributed by atoms with E-state index in [1.807, 2.05) is 0 Å². The normalized spacial score (nSPS) is 11.8. The van der Waals surface area contributed by atoms with Gasteiger partial charge in [-0.05, 0) is 32.4 Å². The van der Waals surface area contributed by atoms with Gasteiger partial charge in [0, 0.05) is 12.2 Å². The fourth-order valence-corrected chi connectivity index (χ4v) is 3.26. The molecule has 0 aliphatic heterocycles. The third-order valence-electron chi connectivity index (χ3n) is 4.19. The third kappa shape index (κ3) is 12.4. The second-order valence-electron chi connectivity index (χ2n) is 6.76. The van der Waals surface area contributed by atoms with Crippen molar-refractivity contribution in [1.82, 2.24) is 10.6 Å². The van der Waals surface area contributed by atoms with Gasteiger partial charge in [-0.25, -0.2) is 0 Å². The maximum absolute atomic E-state index is 12.6. The molecule has 2 atom stereocenters. The van der Waals surface area contributed by atoms with Gasteiger partial charge in [0.1, 0.15) is 12.6 Å². The molecule has 0 saturated heterocycles. The molecule has 0 radical (unpaired) electrons. The van der Waals surface area contributed by atoms with Crippen LogP contribution in [0.3, 0.4) is 0 Å². The maximum atomic E-state index is 12.6.